The normalized spacial score (nSPS) is 12.4. The minimum Gasteiger partial charge on any atom is -0.397 e. The molecule has 1 aromatic carbocycles. The van der Waals surface area contributed by atoms with Crippen LogP contribution in [0.25, 0.3) is 10.2 Å². The van der Waals surface area contributed by atoms with Crippen LogP contribution in [0.15, 0.2) is 30.3 Å². The van der Waals surface area contributed by atoms with E-state index >= 15 is 0 Å². The second-order valence-corrected chi connectivity index (χ2v) is 7.17. The van der Waals surface area contributed by atoms with Crippen LogP contribution in [0.1, 0.15) is 32.1 Å². The van der Waals surface area contributed by atoms with Gasteiger partial charge in [0.1, 0.15) is 9.71 Å². The number of benzene rings is 1. The van der Waals surface area contributed by atoms with Gasteiger partial charge in [-0.05, 0) is 24.6 Å². The zero-order chi connectivity index (χ0) is 21.6. The van der Waals surface area contributed by atoms with Gasteiger partial charge in [-0.3, -0.25) is 4.79 Å². The molecule has 3 aromatic rings. The van der Waals surface area contributed by atoms with Gasteiger partial charge in [-0.25, -0.2) is 4.98 Å². The first kappa shape index (κ1) is 20.9. The molecule has 154 valence electrons. The predicted molar refractivity (Wildman–Crippen MR) is 96.4 cm³/mol. The van der Waals surface area contributed by atoms with Gasteiger partial charge in [-0.15, -0.1) is 11.3 Å². The molecule has 0 fully saturated rings. The maximum Gasteiger partial charge on any atom is 0.417 e. The number of anilines is 1. The summed E-state index contributed by atoms with van der Waals surface area (Å²) in [7, 11) is 0. The molecule has 3 rings (SSSR count). The van der Waals surface area contributed by atoms with Crippen LogP contribution >= 0.6 is 11.3 Å². The molecule has 0 aliphatic carbocycles. The Balaban J connectivity index is 1.95. The van der Waals surface area contributed by atoms with Crippen molar-refractivity contribution in [2.45, 2.75) is 25.8 Å². The number of aromatic nitrogens is 1. The van der Waals surface area contributed by atoms with Crippen LogP contribution in [-0.4, -0.2) is 10.9 Å². The Labute approximate surface area is 164 Å². The molecule has 3 N–H and O–H groups in total. The van der Waals surface area contributed by atoms with Gasteiger partial charge in [0.25, 0.3) is 5.91 Å². The quantitative estimate of drug-likeness (QED) is 0.561. The van der Waals surface area contributed by atoms with Crippen molar-refractivity contribution in [3.8, 4) is 0 Å². The summed E-state index contributed by atoms with van der Waals surface area (Å²) in [6.07, 6.45) is -9.32. The lowest BCUT2D eigenvalue weighted by Crippen LogP contribution is -2.24. The first-order valence-corrected chi connectivity index (χ1v) is 8.91. The fourth-order valence-corrected chi connectivity index (χ4v) is 3.92. The Morgan fingerprint density at radius 3 is 2.34 bits per heavy atom. The van der Waals surface area contributed by atoms with Crippen LogP contribution in [0.2, 0.25) is 0 Å². The van der Waals surface area contributed by atoms with Crippen LogP contribution in [0, 0.1) is 6.92 Å². The highest BCUT2D eigenvalue weighted by Crippen LogP contribution is 2.42. The number of nitrogens with zero attached hydrogens (tertiary/aromatic N) is 1. The zero-order valence-electron chi connectivity index (χ0n) is 14.7. The van der Waals surface area contributed by atoms with E-state index in [1.807, 2.05) is 0 Å². The lowest BCUT2D eigenvalue weighted by atomic mass is 10.1. The van der Waals surface area contributed by atoms with Crippen LogP contribution < -0.4 is 11.1 Å². The molecule has 2 aromatic heterocycles. The number of nitrogens with one attached hydrogen (secondary N) is 1. The number of pyridine rings is 1. The average Bonchev–Trinajstić information content (AvgIpc) is 2.94. The first-order valence-electron chi connectivity index (χ1n) is 8.09. The van der Waals surface area contributed by atoms with E-state index in [1.54, 1.807) is 0 Å². The summed E-state index contributed by atoms with van der Waals surface area (Å²) in [4.78, 5) is 16.1. The van der Waals surface area contributed by atoms with Crippen molar-refractivity contribution in [3.63, 3.8) is 0 Å². The lowest BCUT2D eigenvalue weighted by molar-refractivity contribution is -0.138. The first-order chi connectivity index (χ1) is 13.4. The van der Waals surface area contributed by atoms with Gasteiger partial charge in [0.05, 0.1) is 16.8 Å². The molecular formula is C18H13F6N3OS. The molecule has 0 bridgehead atoms. The number of halogens is 6. The number of carbonyl (C=O) groups excluding carboxylic acids is 1. The van der Waals surface area contributed by atoms with Crippen LogP contribution in [-0.2, 0) is 18.9 Å². The van der Waals surface area contributed by atoms with E-state index in [0.29, 0.717) is 11.3 Å². The van der Waals surface area contributed by atoms with Gasteiger partial charge in [-0.2, -0.15) is 26.3 Å². The van der Waals surface area contributed by atoms with E-state index in [4.69, 9.17) is 5.73 Å². The van der Waals surface area contributed by atoms with E-state index < -0.39 is 47.0 Å². The fraction of sp³-hybridized carbons (Fsp3) is 0.222. The van der Waals surface area contributed by atoms with Crippen molar-refractivity contribution in [1.82, 2.24) is 10.3 Å². The molecule has 0 saturated heterocycles. The van der Waals surface area contributed by atoms with Gasteiger partial charge >= 0.3 is 12.4 Å². The Morgan fingerprint density at radius 1 is 1.10 bits per heavy atom. The number of thiophene rings is 1. The molecular weight excluding hydrogens is 420 g/mol. The number of aryl methyl sites for hydroxylation is 1. The van der Waals surface area contributed by atoms with Crippen molar-refractivity contribution >= 4 is 33.1 Å². The molecule has 0 aliphatic heterocycles. The Hall–Kier alpha value is -2.82. The van der Waals surface area contributed by atoms with Gasteiger partial charge < -0.3 is 11.1 Å². The Morgan fingerprint density at radius 2 is 1.72 bits per heavy atom. The van der Waals surface area contributed by atoms with Gasteiger partial charge in [-0.1, -0.05) is 18.2 Å². The minimum atomic E-state index is -4.71. The van der Waals surface area contributed by atoms with Crippen LogP contribution in [0.3, 0.4) is 0 Å². The maximum atomic E-state index is 13.3. The number of alkyl halides is 6. The molecule has 0 aliphatic rings. The molecule has 11 heteroatoms. The molecule has 0 saturated carbocycles. The third-order valence-electron chi connectivity index (χ3n) is 4.10. The topological polar surface area (TPSA) is 68.0 Å². The summed E-state index contributed by atoms with van der Waals surface area (Å²) in [6.45, 7) is 0.902. The third-order valence-corrected chi connectivity index (χ3v) is 5.20. The molecule has 1 amide bonds. The van der Waals surface area contributed by atoms with Crippen molar-refractivity contribution < 1.29 is 31.1 Å². The highest BCUT2D eigenvalue weighted by molar-refractivity contribution is 7.21. The molecule has 0 unspecified atom stereocenters. The summed E-state index contributed by atoms with van der Waals surface area (Å²) in [5.74, 6) is -0.881. The van der Waals surface area contributed by atoms with Crippen LogP contribution in [0.5, 0.6) is 0 Å². The standard InChI is InChI=1S/C18H13F6N3OS/c1-8-6-11(18(22,23)24)12-13(25)14(29-16(12)27-8)15(28)26-7-9-4-2-3-5-10(9)17(19,20)21/h2-6H,7,25H2,1H3,(H,26,28). The number of fused-ring (bicyclic) bond motifs is 1. The summed E-state index contributed by atoms with van der Waals surface area (Å²) in [5.41, 5.74) is 3.35. The Bertz CT molecular complexity index is 1090. The van der Waals surface area contributed by atoms with Gasteiger partial charge in [0.15, 0.2) is 0 Å². The number of hydrogen-bond acceptors (Lipinski definition) is 4. The second-order valence-electron chi connectivity index (χ2n) is 6.17. The minimum absolute atomic E-state index is 0.0735. The number of rotatable bonds is 3. The smallest absolute Gasteiger partial charge is 0.397 e. The van der Waals surface area contributed by atoms with Crippen molar-refractivity contribution in [2.75, 3.05) is 5.73 Å². The highest BCUT2D eigenvalue weighted by atomic mass is 32.1. The highest BCUT2D eigenvalue weighted by Gasteiger charge is 2.36. The summed E-state index contributed by atoms with van der Waals surface area (Å²) in [5, 5.41) is 1.89. The summed E-state index contributed by atoms with van der Waals surface area (Å²) >= 11 is 0.651. The SMILES string of the molecule is Cc1cc(C(F)(F)F)c2c(N)c(C(=O)NCc3ccccc3C(F)(F)F)sc2n1. The molecule has 0 atom stereocenters. The zero-order valence-corrected chi connectivity index (χ0v) is 15.5. The van der Waals surface area contributed by atoms with E-state index in [1.165, 1.54) is 25.1 Å². The predicted octanol–water partition coefficient (Wildman–Crippen LogP) is 5.15. The maximum absolute atomic E-state index is 13.3. The van der Waals surface area contributed by atoms with Crippen molar-refractivity contribution in [1.29, 1.82) is 0 Å². The van der Waals surface area contributed by atoms with E-state index in [9.17, 15) is 31.1 Å². The number of amides is 1. The van der Waals surface area contributed by atoms with Crippen LogP contribution in [0.4, 0.5) is 32.0 Å². The number of nitrogens with two attached hydrogens (primary N) is 1. The van der Waals surface area contributed by atoms with Gasteiger partial charge in [0.2, 0.25) is 0 Å². The second kappa shape index (κ2) is 7.21. The molecule has 29 heavy (non-hydrogen) atoms. The molecule has 0 spiro atoms. The van der Waals surface area contributed by atoms with E-state index in [2.05, 4.69) is 10.3 Å². The Kier molecular flexibility index (Phi) is 5.20. The molecule has 0 radical (unpaired) electrons. The monoisotopic (exact) mass is 433 g/mol. The number of nitrogen functional groups attached to an aromatic ring is 1. The largest absolute Gasteiger partial charge is 0.417 e. The van der Waals surface area contributed by atoms with E-state index in [-0.39, 0.29) is 21.0 Å². The number of carbonyl (C=O) groups is 1. The summed E-state index contributed by atoms with van der Waals surface area (Å²) in [6, 6.07) is 5.49. The summed E-state index contributed by atoms with van der Waals surface area (Å²) < 4.78 is 79.1. The average molecular weight is 433 g/mol. The molecule has 2 heterocycles. The fourth-order valence-electron chi connectivity index (χ4n) is 2.84. The van der Waals surface area contributed by atoms with Gasteiger partial charge in [0, 0.05) is 17.6 Å². The molecule has 4 nitrogen and oxygen atoms in total. The van der Waals surface area contributed by atoms with Crippen molar-refractivity contribution in [2.24, 2.45) is 0 Å². The van der Waals surface area contributed by atoms with Crippen molar-refractivity contribution in [3.05, 3.63) is 57.6 Å². The van der Waals surface area contributed by atoms with E-state index in [0.717, 1.165) is 12.1 Å². The third kappa shape index (κ3) is 4.14. The number of hydrogen-bond donors (Lipinski definition) is 2. The lowest BCUT2D eigenvalue weighted by Gasteiger charge is -2.13.